The molecule has 0 fully saturated rings. The molecule has 2 aromatic heterocycles. The highest BCUT2D eigenvalue weighted by Gasteiger charge is 2.32. The second kappa shape index (κ2) is 7.44. The molecule has 1 N–H and O–H groups in total. The minimum Gasteiger partial charge on any atom is -0.348 e. The van der Waals surface area contributed by atoms with Gasteiger partial charge in [-0.2, -0.15) is 0 Å². The molecule has 4 rings (SSSR count). The number of fused-ring (bicyclic) bond motifs is 1. The zero-order valence-electron chi connectivity index (χ0n) is 14.6. The number of hydrogen-bond acceptors (Lipinski definition) is 2. The standard InChI is InChI=1S/C21H22N4O/c26-21(23-12-10-17-6-2-1-3-7-17)25-15-14-24-13-5-9-19(24)20(25)18-8-4-11-22-16-18/h1-9,11,13,16,20H,10,12,14-15H2,(H,23,26). The van der Waals surface area contributed by atoms with E-state index in [9.17, 15) is 4.79 Å². The summed E-state index contributed by atoms with van der Waals surface area (Å²) in [6, 6.07) is 18.2. The summed E-state index contributed by atoms with van der Waals surface area (Å²) < 4.78 is 2.21. The van der Waals surface area contributed by atoms with Gasteiger partial charge in [-0.1, -0.05) is 36.4 Å². The minimum atomic E-state index is -0.107. The highest BCUT2D eigenvalue weighted by atomic mass is 16.2. The maximum Gasteiger partial charge on any atom is 0.318 e. The van der Waals surface area contributed by atoms with Crippen LogP contribution in [0.15, 0.2) is 73.2 Å². The Morgan fingerprint density at radius 1 is 1.08 bits per heavy atom. The lowest BCUT2D eigenvalue weighted by Gasteiger charge is -2.37. The highest BCUT2D eigenvalue weighted by Crippen LogP contribution is 2.31. The van der Waals surface area contributed by atoms with Crippen LogP contribution in [-0.4, -0.2) is 33.6 Å². The molecule has 1 aromatic carbocycles. The molecule has 1 unspecified atom stereocenters. The quantitative estimate of drug-likeness (QED) is 0.788. The third-order valence-electron chi connectivity index (χ3n) is 4.83. The maximum absolute atomic E-state index is 12.9. The number of carbonyl (C=O) groups excluding carboxylic acids is 1. The number of amides is 2. The summed E-state index contributed by atoms with van der Waals surface area (Å²) in [7, 11) is 0. The molecule has 1 aliphatic heterocycles. The number of urea groups is 1. The van der Waals surface area contributed by atoms with E-state index in [2.05, 4.69) is 39.3 Å². The van der Waals surface area contributed by atoms with Crippen LogP contribution in [0, 0.1) is 0 Å². The number of rotatable bonds is 4. The molecule has 26 heavy (non-hydrogen) atoms. The predicted octanol–water partition coefficient (Wildman–Crippen LogP) is 3.24. The molecule has 3 aromatic rings. The minimum absolute atomic E-state index is 0.0257. The summed E-state index contributed by atoms with van der Waals surface area (Å²) in [6.07, 6.45) is 6.50. The van der Waals surface area contributed by atoms with Crippen LogP contribution in [0.3, 0.4) is 0 Å². The number of pyridine rings is 1. The Labute approximate surface area is 153 Å². The Morgan fingerprint density at radius 2 is 1.96 bits per heavy atom. The van der Waals surface area contributed by atoms with Gasteiger partial charge in [0.05, 0.1) is 0 Å². The van der Waals surface area contributed by atoms with Gasteiger partial charge in [0.15, 0.2) is 0 Å². The SMILES string of the molecule is O=C(NCCc1ccccc1)N1CCn2cccc2C1c1cccnc1. The molecule has 1 aliphatic rings. The van der Waals surface area contributed by atoms with Crippen LogP contribution in [0.1, 0.15) is 22.9 Å². The van der Waals surface area contributed by atoms with Gasteiger partial charge in [-0.25, -0.2) is 4.79 Å². The first-order valence-corrected chi connectivity index (χ1v) is 8.96. The predicted molar refractivity (Wildman–Crippen MR) is 101 cm³/mol. The Kier molecular flexibility index (Phi) is 4.69. The van der Waals surface area contributed by atoms with Crippen molar-refractivity contribution < 1.29 is 4.79 Å². The molecule has 0 aliphatic carbocycles. The fourth-order valence-electron chi connectivity index (χ4n) is 3.55. The number of nitrogens with one attached hydrogen (secondary N) is 1. The van der Waals surface area contributed by atoms with Crippen molar-refractivity contribution in [3.8, 4) is 0 Å². The molecule has 5 nitrogen and oxygen atoms in total. The lowest BCUT2D eigenvalue weighted by Crippen LogP contribution is -2.47. The summed E-state index contributed by atoms with van der Waals surface area (Å²) in [5, 5.41) is 3.08. The number of hydrogen-bond donors (Lipinski definition) is 1. The van der Waals surface area contributed by atoms with Crippen LogP contribution in [-0.2, 0) is 13.0 Å². The van der Waals surface area contributed by atoms with Crippen molar-refractivity contribution in [3.63, 3.8) is 0 Å². The van der Waals surface area contributed by atoms with E-state index in [1.54, 1.807) is 6.20 Å². The van der Waals surface area contributed by atoms with Crippen molar-refractivity contribution in [2.75, 3.05) is 13.1 Å². The van der Waals surface area contributed by atoms with Gasteiger partial charge in [0, 0.05) is 43.9 Å². The van der Waals surface area contributed by atoms with Crippen LogP contribution in [0.5, 0.6) is 0 Å². The summed E-state index contributed by atoms with van der Waals surface area (Å²) in [5.41, 5.74) is 3.39. The van der Waals surface area contributed by atoms with Crippen LogP contribution < -0.4 is 5.32 Å². The first kappa shape index (κ1) is 16.4. The van der Waals surface area contributed by atoms with Crippen molar-refractivity contribution >= 4 is 6.03 Å². The summed E-state index contributed by atoms with van der Waals surface area (Å²) in [4.78, 5) is 19.0. The molecule has 0 radical (unpaired) electrons. The normalized spacial score (nSPS) is 16.2. The lowest BCUT2D eigenvalue weighted by atomic mass is 10.0. The lowest BCUT2D eigenvalue weighted by molar-refractivity contribution is 0.168. The van der Waals surface area contributed by atoms with Gasteiger partial charge >= 0.3 is 6.03 Å². The zero-order chi connectivity index (χ0) is 17.8. The smallest absolute Gasteiger partial charge is 0.318 e. The zero-order valence-corrected chi connectivity index (χ0v) is 14.6. The average molecular weight is 346 g/mol. The average Bonchev–Trinajstić information content (AvgIpc) is 3.17. The second-order valence-corrected chi connectivity index (χ2v) is 6.48. The van der Waals surface area contributed by atoms with Crippen molar-refractivity contribution in [3.05, 3.63) is 90.0 Å². The summed E-state index contributed by atoms with van der Waals surface area (Å²) in [6.45, 7) is 2.11. The first-order valence-electron chi connectivity index (χ1n) is 8.96. The third kappa shape index (κ3) is 3.33. The van der Waals surface area contributed by atoms with E-state index < -0.39 is 0 Å². The molecule has 1 atom stereocenters. The number of aromatic nitrogens is 2. The Bertz CT molecular complexity index is 860. The van der Waals surface area contributed by atoms with Gasteiger partial charge in [0.25, 0.3) is 0 Å². The van der Waals surface area contributed by atoms with Gasteiger partial charge in [-0.3, -0.25) is 4.98 Å². The Balaban J connectivity index is 1.50. The third-order valence-corrected chi connectivity index (χ3v) is 4.83. The van der Waals surface area contributed by atoms with Gasteiger partial charge in [-0.15, -0.1) is 0 Å². The molecular formula is C21H22N4O. The molecule has 5 heteroatoms. The van der Waals surface area contributed by atoms with Crippen molar-refractivity contribution in [2.24, 2.45) is 0 Å². The fraction of sp³-hybridized carbons (Fsp3) is 0.238. The Hall–Kier alpha value is -3.08. The Morgan fingerprint density at radius 3 is 2.77 bits per heavy atom. The molecule has 3 heterocycles. The monoisotopic (exact) mass is 346 g/mol. The summed E-state index contributed by atoms with van der Waals surface area (Å²) in [5.74, 6) is 0. The van der Waals surface area contributed by atoms with Gasteiger partial charge in [-0.05, 0) is 35.7 Å². The van der Waals surface area contributed by atoms with Crippen molar-refractivity contribution in [2.45, 2.75) is 19.0 Å². The van der Waals surface area contributed by atoms with Crippen LogP contribution in [0.25, 0.3) is 0 Å². The van der Waals surface area contributed by atoms with E-state index >= 15 is 0 Å². The van der Waals surface area contributed by atoms with E-state index in [1.807, 2.05) is 47.5 Å². The van der Waals surface area contributed by atoms with Crippen molar-refractivity contribution in [1.82, 2.24) is 19.8 Å². The van der Waals surface area contributed by atoms with Crippen molar-refractivity contribution in [1.29, 1.82) is 0 Å². The second-order valence-electron chi connectivity index (χ2n) is 6.48. The summed E-state index contributed by atoms with van der Waals surface area (Å²) >= 11 is 0. The molecule has 0 saturated heterocycles. The largest absolute Gasteiger partial charge is 0.348 e. The van der Waals surface area contributed by atoms with Crippen LogP contribution >= 0.6 is 0 Å². The number of carbonyl (C=O) groups is 1. The van der Waals surface area contributed by atoms with Gasteiger partial charge in [0.1, 0.15) is 6.04 Å². The topological polar surface area (TPSA) is 50.2 Å². The number of benzene rings is 1. The fourth-order valence-corrected chi connectivity index (χ4v) is 3.55. The van der Waals surface area contributed by atoms with E-state index in [4.69, 9.17) is 0 Å². The molecular weight excluding hydrogens is 324 g/mol. The molecule has 2 amide bonds. The molecule has 0 saturated carbocycles. The van der Waals surface area contributed by atoms with Crippen LogP contribution in [0.2, 0.25) is 0 Å². The van der Waals surface area contributed by atoms with Crippen LogP contribution in [0.4, 0.5) is 4.79 Å². The van der Waals surface area contributed by atoms with E-state index in [0.717, 1.165) is 24.2 Å². The molecule has 132 valence electrons. The van der Waals surface area contributed by atoms with E-state index in [-0.39, 0.29) is 12.1 Å². The van der Waals surface area contributed by atoms with E-state index in [0.29, 0.717) is 13.1 Å². The van der Waals surface area contributed by atoms with Gasteiger partial charge in [0.2, 0.25) is 0 Å². The van der Waals surface area contributed by atoms with Gasteiger partial charge < -0.3 is 14.8 Å². The number of nitrogens with zero attached hydrogens (tertiary/aromatic N) is 3. The molecule has 0 bridgehead atoms. The highest BCUT2D eigenvalue weighted by molar-refractivity contribution is 5.75. The molecule has 0 spiro atoms. The maximum atomic E-state index is 12.9. The van der Waals surface area contributed by atoms with E-state index in [1.165, 1.54) is 5.56 Å². The first-order chi connectivity index (χ1) is 12.8.